The van der Waals surface area contributed by atoms with E-state index in [9.17, 15) is 9.59 Å². The largest absolute Gasteiger partial charge is 0.479 e. The smallest absolute Gasteiger partial charge is 0.337 e. The molecule has 2 aromatic carbocycles. The van der Waals surface area contributed by atoms with Gasteiger partial charge in [0, 0.05) is 19.5 Å². The second-order valence-electron chi connectivity index (χ2n) is 4.30. The summed E-state index contributed by atoms with van der Waals surface area (Å²) in [6.07, 6.45) is -2.81. The minimum Gasteiger partial charge on any atom is -0.479 e. The summed E-state index contributed by atoms with van der Waals surface area (Å²) in [6.45, 7) is 0. The number of benzene rings is 2. The second-order valence-corrected chi connectivity index (χ2v) is 4.30. The molecule has 0 aliphatic carbocycles. The molecule has 2 aromatic rings. The fourth-order valence-corrected chi connectivity index (χ4v) is 1.56. The zero-order chi connectivity index (χ0) is 16.5. The van der Waals surface area contributed by atoms with Crippen LogP contribution in [0.15, 0.2) is 60.7 Å². The Labute approximate surface area is 145 Å². The fourth-order valence-electron chi connectivity index (χ4n) is 1.56. The Morgan fingerprint density at radius 2 is 0.913 bits per heavy atom. The molecule has 0 saturated heterocycles. The topological polar surface area (TPSA) is 115 Å². The summed E-state index contributed by atoms with van der Waals surface area (Å²) in [7, 11) is 0. The maximum Gasteiger partial charge on any atom is 0.337 e. The molecular weight excluding hydrogens is 354 g/mol. The molecular formula is C16H16O6Zn. The molecule has 0 bridgehead atoms. The van der Waals surface area contributed by atoms with Crippen LogP contribution in [-0.2, 0) is 29.1 Å². The van der Waals surface area contributed by atoms with Crippen molar-refractivity contribution in [2.24, 2.45) is 0 Å². The van der Waals surface area contributed by atoms with Crippen molar-refractivity contribution in [2.45, 2.75) is 12.2 Å². The number of carboxylic acids is 2. The molecule has 0 aliphatic rings. The van der Waals surface area contributed by atoms with Gasteiger partial charge in [-0.25, -0.2) is 9.59 Å². The number of hydrogen-bond acceptors (Lipinski definition) is 4. The van der Waals surface area contributed by atoms with Crippen LogP contribution < -0.4 is 0 Å². The van der Waals surface area contributed by atoms with E-state index in [4.69, 9.17) is 20.4 Å². The van der Waals surface area contributed by atoms with E-state index in [1.807, 2.05) is 0 Å². The molecule has 4 N–H and O–H groups in total. The third kappa shape index (κ3) is 7.15. The number of aliphatic hydroxyl groups excluding tert-OH is 2. The van der Waals surface area contributed by atoms with Crippen molar-refractivity contribution in [1.82, 2.24) is 0 Å². The Morgan fingerprint density at radius 3 is 1.13 bits per heavy atom. The Morgan fingerprint density at radius 1 is 0.652 bits per heavy atom. The zero-order valence-corrected chi connectivity index (χ0v) is 15.2. The van der Waals surface area contributed by atoms with E-state index in [0.29, 0.717) is 11.1 Å². The van der Waals surface area contributed by atoms with Crippen LogP contribution in [0.4, 0.5) is 0 Å². The van der Waals surface area contributed by atoms with E-state index in [0.717, 1.165) is 0 Å². The van der Waals surface area contributed by atoms with Gasteiger partial charge in [0.25, 0.3) is 0 Å². The number of carboxylic acid groups (broad SMARTS) is 2. The number of carbonyl (C=O) groups is 2. The predicted molar refractivity (Wildman–Crippen MR) is 78.1 cm³/mol. The normalized spacial score (nSPS) is 11.9. The van der Waals surface area contributed by atoms with Gasteiger partial charge < -0.3 is 20.4 Å². The monoisotopic (exact) mass is 368 g/mol. The number of aliphatic carboxylic acids is 2. The molecule has 0 spiro atoms. The van der Waals surface area contributed by atoms with Gasteiger partial charge in [-0.3, -0.25) is 0 Å². The quantitative estimate of drug-likeness (QED) is 0.609. The van der Waals surface area contributed by atoms with E-state index in [-0.39, 0.29) is 19.5 Å². The van der Waals surface area contributed by atoms with Crippen LogP contribution in [0.1, 0.15) is 23.3 Å². The minimum absolute atomic E-state index is 0. The van der Waals surface area contributed by atoms with Crippen LogP contribution in [-0.4, -0.2) is 32.4 Å². The number of rotatable bonds is 4. The molecule has 7 heteroatoms. The summed E-state index contributed by atoms with van der Waals surface area (Å²) in [5.41, 5.74) is 0.806. The summed E-state index contributed by atoms with van der Waals surface area (Å²) >= 11 is 0. The van der Waals surface area contributed by atoms with Crippen molar-refractivity contribution in [3.8, 4) is 0 Å². The Bertz CT molecular complexity index is 547. The summed E-state index contributed by atoms with van der Waals surface area (Å²) in [5, 5.41) is 34.8. The van der Waals surface area contributed by atoms with Crippen molar-refractivity contribution in [3.63, 3.8) is 0 Å². The van der Waals surface area contributed by atoms with Gasteiger partial charge in [-0.1, -0.05) is 60.7 Å². The Balaban J connectivity index is 0.000000403. The van der Waals surface area contributed by atoms with Crippen LogP contribution in [0, 0.1) is 0 Å². The Hall–Kier alpha value is -2.08. The molecule has 0 saturated carbocycles. The Kier molecular flexibility index (Phi) is 9.66. The van der Waals surface area contributed by atoms with Gasteiger partial charge in [0.05, 0.1) is 0 Å². The maximum atomic E-state index is 10.2. The average molecular weight is 370 g/mol. The molecule has 23 heavy (non-hydrogen) atoms. The average Bonchev–Trinajstić information content (AvgIpc) is 2.55. The molecule has 118 valence electrons. The molecule has 0 aromatic heterocycles. The van der Waals surface area contributed by atoms with Crippen LogP contribution in [0.25, 0.3) is 0 Å². The van der Waals surface area contributed by atoms with Crippen molar-refractivity contribution < 1.29 is 49.5 Å². The summed E-state index contributed by atoms with van der Waals surface area (Å²) < 4.78 is 0. The summed E-state index contributed by atoms with van der Waals surface area (Å²) in [5.74, 6) is -2.45. The number of hydrogen-bond donors (Lipinski definition) is 4. The van der Waals surface area contributed by atoms with Crippen molar-refractivity contribution in [1.29, 1.82) is 0 Å². The first-order valence-corrected chi connectivity index (χ1v) is 6.35. The molecule has 0 heterocycles. The third-order valence-electron chi connectivity index (χ3n) is 2.70. The SMILES string of the molecule is O=C(O)[C@@H](O)c1ccccc1.O=C(O)[C@@H](O)c1ccccc1.[Zn]. The van der Waals surface area contributed by atoms with E-state index in [1.165, 1.54) is 0 Å². The van der Waals surface area contributed by atoms with Gasteiger partial charge in [0.1, 0.15) is 0 Å². The maximum absolute atomic E-state index is 10.2. The van der Waals surface area contributed by atoms with E-state index in [1.54, 1.807) is 60.7 Å². The van der Waals surface area contributed by atoms with Crippen LogP contribution in [0.2, 0.25) is 0 Å². The van der Waals surface area contributed by atoms with Crippen molar-refractivity contribution in [3.05, 3.63) is 71.8 Å². The molecule has 0 fully saturated rings. The van der Waals surface area contributed by atoms with Gasteiger partial charge >= 0.3 is 11.9 Å². The molecule has 0 amide bonds. The van der Waals surface area contributed by atoms with Gasteiger partial charge in [0.2, 0.25) is 0 Å². The molecule has 6 nitrogen and oxygen atoms in total. The summed E-state index contributed by atoms with van der Waals surface area (Å²) in [6, 6.07) is 16.5. The minimum atomic E-state index is -1.41. The predicted octanol–water partition coefficient (Wildman–Crippen LogP) is 1.61. The van der Waals surface area contributed by atoms with Gasteiger partial charge in [-0.05, 0) is 11.1 Å². The van der Waals surface area contributed by atoms with E-state index < -0.39 is 24.1 Å². The first-order chi connectivity index (χ1) is 10.4. The third-order valence-corrected chi connectivity index (χ3v) is 2.70. The van der Waals surface area contributed by atoms with Crippen molar-refractivity contribution in [2.75, 3.05) is 0 Å². The van der Waals surface area contributed by atoms with Gasteiger partial charge in [0.15, 0.2) is 12.2 Å². The molecule has 2 rings (SSSR count). The molecule has 0 radical (unpaired) electrons. The number of aliphatic hydroxyl groups is 2. The first kappa shape index (κ1) is 20.9. The van der Waals surface area contributed by atoms with E-state index in [2.05, 4.69) is 0 Å². The first-order valence-electron chi connectivity index (χ1n) is 6.35. The van der Waals surface area contributed by atoms with Crippen molar-refractivity contribution >= 4 is 11.9 Å². The van der Waals surface area contributed by atoms with E-state index >= 15 is 0 Å². The second kappa shape index (κ2) is 10.6. The molecule has 0 aliphatic heterocycles. The standard InChI is InChI=1S/2C8H8O3.Zn/c2*9-7(8(10)11)6-4-2-1-3-5-6;/h2*1-5,7,9H,(H,10,11);/t2*7-;/m00./s1. The van der Waals surface area contributed by atoms with Gasteiger partial charge in [-0.15, -0.1) is 0 Å². The van der Waals surface area contributed by atoms with Crippen LogP contribution >= 0.6 is 0 Å². The van der Waals surface area contributed by atoms with Crippen LogP contribution in [0.3, 0.4) is 0 Å². The van der Waals surface area contributed by atoms with Gasteiger partial charge in [-0.2, -0.15) is 0 Å². The fraction of sp³-hybridized carbons (Fsp3) is 0.125. The van der Waals surface area contributed by atoms with Crippen LogP contribution in [0.5, 0.6) is 0 Å². The molecule has 0 unspecified atom stereocenters. The zero-order valence-electron chi connectivity index (χ0n) is 12.2. The molecule has 2 atom stereocenters. The summed E-state index contributed by atoms with van der Waals surface area (Å²) in [4.78, 5) is 20.5.